The van der Waals surface area contributed by atoms with Gasteiger partial charge in [0.05, 0.1) is 17.0 Å². The highest BCUT2D eigenvalue weighted by atomic mass is 16.4. The number of rotatable bonds is 4. The Balaban J connectivity index is 2.09. The normalized spacial score (nSPS) is 22.4. The third-order valence-corrected chi connectivity index (χ3v) is 4.03. The van der Waals surface area contributed by atoms with Crippen LogP contribution in [0.1, 0.15) is 38.1 Å². The van der Waals surface area contributed by atoms with Crippen molar-refractivity contribution >= 4 is 17.0 Å². The molecule has 1 fully saturated rings. The first-order valence-corrected chi connectivity index (χ1v) is 6.91. The van der Waals surface area contributed by atoms with Gasteiger partial charge >= 0.3 is 5.97 Å². The summed E-state index contributed by atoms with van der Waals surface area (Å²) in [6.07, 6.45) is 3.64. The minimum Gasteiger partial charge on any atom is -0.481 e. The molecule has 0 bridgehead atoms. The Morgan fingerprint density at radius 3 is 2.84 bits per heavy atom. The Morgan fingerprint density at radius 1 is 1.42 bits per heavy atom. The summed E-state index contributed by atoms with van der Waals surface area (Å²) in [5.41, 5.74) is 2.05. The van der Waals surface area contributed by atoms with Crippen molar-refractivity contribution in [1.82, 2.24) is 9.55 Å². The maximum absolute atomic E-state index is 11.3. The SMILES string of the molecule is CCCc1nc2ccccc2n1C1CCC1C(=O)O. The van der Waals surface area contributed by atoms with Crippen molar-refractivity contribution < 1.29 is 9.90 Å². The van der Waals surface area contributed by atoms with Gasteiger partial charge in [-0.05, 0) is 31.4 Å². The molecule has 19 heavy (non-hydrogen) atoms. The summed E-state index contributed by atoms with van der Waals surface area (Å²) >= 11 is 0. The standard InChI is InChI=1S/C15H18N2O2/c1-2-5-14-16-11-6-3-4-7-13(11)17(14)12-9-8-10(12)15(18)19/h3-4,6-7,10,12H,2,5,8-9H2,1H3,(H,18,19). The predicted molar refractivity (Wildman–Crippen MR) is 73.1 cm³/mol. The maximum Gasteiger partial charge on any atom is 0.308 e. The van der Waals surface area contributed by atoms with Crippen LogP contribution >= 0.6 is 0 Å². The highest BCUT2D eigenvalue weighted by molar-refractivity contribution is 5.77. The highest BCUT2D eigenvalue weighted by Gasteiger charge is 2.39. The first-order chi connectivity index (χ1) is 9.22. The lowest BCUT2D eigenvalue weighted by Crippen LogP contribution is -2.35. The summed E-state index contributed by atoms with van der Waals surface area (Å²) in [7, 11) is 0. The summed E-state index contributed by atoms with van der Waals surface area (Å²) in [6, 6.07) is 8.08. The summed E-state index contributed by atoms with van der Waals surface area (Å²) in [5.74, 6) is 0.0874. The zero-order chi connectivity index (χ0) is 13.4. The van der Waals surface area contributed by atoms with Crippen LogP contribution in [0.4, 0.5) is 0 Å². The van der Waals surface area contributed by atoms with Gasteiger partial charge in [-0.15, -0.1) is 0 Å². The minimum atomic E-state index is -0.684. The number of para-hydroxylation sites is 2. The number of aryl methyl sites for hydroxylation is 1. The van der Waals surface area contributed by atoms with E-state index < -0.39 is 5.97 Å². The first kappa shape index (κ1) is 12.2. The second-order valence-electron chi connectivity index (χ2n) is 5.23. The number of carbonyl (C=O) groups is 1. The van der Waals surface area contributed by atoms with Gasteiger partial charge < -0.3 is 9.67 Å². The third-order valence-electron chi connectivity index (χ3n) is 4.03. The lowest BCUT2D eigenvalue weighted by Gasteiger charge is -2.35. The number of hydrogen-bond donors (Lipinski definition) is 1. The van der Waals surface area contributed by atoms with Gasteiger partial charge in [-0.2, -0.15) is 0 Å². The van der Waals surface area contributed by atoms with Gasteiger partial charge in [0.1, 0.15) is 5.82 Å². The van der Waals surface area contributed by atoms with E-state index in [1.807, 2.05) is 24.3 Å². The molecule has 4 nitrogen and oxygen atoms in total. The van der Waals surface area contributed by atoms with Crippen LogP contribution in [0.25, 0.3) is 11.0 Å². The zero-order valence-electron chi connectivity index (χ0n) is 11.0. The number of imidazole rings is 1. The number of carboxylic acids is 1. The van der Waals surface area contributed by atoms with E-state index in [1.165, 1.54) is 0 Å². The van der Waals surface area contributed by atoms with Gasteiger partial charge in [-0.1, -0.05) is 19.1 Å². The molecular weight excluding hydrogens is 240 g/mol. The molecule has 2 atom stereocenters. The average Bonchev–Trinajstić information content (AvgIpc) is 2.67. The van der Waals surface area contributed by atoms with Crippen molar-refractivity contribution in [1.29, 1.82) is 0 Å². The van der Waals surface area contributed by atoms with Crippen LogP contribution in [-0.2, 0) is 11.2 Å². The number of carboxylic acid groups (broad SMARTS) is 1. The lowest BCUT2D eigenvalue weighted by atomic mass is 9.79. The first-order valence-electron chi connectivity index (χ1n) is 6.91. The summed E-state index contributed by atoms with van der Waals surface area (Å²) < 4.78 is 2.17. The van der Waals surface area contributed by atoms with E-state index in [-0.39, 0.29) is 12.0 Å². The molecule has 1 aromatic heterocycles. The fourth-order valence-electron chi connectivity index (χ4n) is 2.94. The Labute approximate surface area is 112 Å². The van der Waals surface area contributed by atoms with Crippen LogP contribution in [0.5, 0.6) is 0 Å². The molecule has 1 heterocycles. The number of benzene rings is 1. The second-order valence-corrected chi connectivity index (χ2v) is 5.23. The van der Waals surface area contributed by atoms with Crippen LogP contribution < -0.4 is 0 Å². The summed E-state index contributed by atoms with van der Waals surface area (Å²) in [6.45, 7) is 2.12. The van der Waals surface area contributed by atoms with Crippen molar-refractivity contribution in [3.05, 3.63) is 30.1 Å². The molecule has 1 aromatic carbocycles. The Kier molecular flexibility index (Phi) is 3.01. The Hall–Kier alpha value is -1.84. The minimum absolute atomic E-state index is 0.0754. The van der Waals surface area contributed by atoms with Gasteiger partial charge in [-0.3, -0.25) is 4.79 Å². The molecule has 1 N–H and O–H groups in total. The molecule has 0 saturated heterocycles. The monoisotopic (exact) mass is 258 g/mol. The van der Waals surface area contributed by atoms with Gasteiger partial charge in [0.15, 0.2) is 0 Å². The quantitative estimate of drug-likeness (QED) is 0.917. The molecule has 1 aliphatic carbocycles. The molecular formula is C15H18N2O2. The largest absolute Gasteiger partial charge is 0.481 e. The fourth-order valence-corrected chi connectivity index (χ4v) is 2.94. The van der Waals surface area contributed by atoms with E-state index in [2.05, 4.69) is 16.5 Å². The van der Waals surface area contributed by atoms with Crippen LogP contribution in [0.2, 0.25) is 0 Å². The average molecular weight is 258 g/mol. The Bertz CT molecular complexity index is 618. The van der Waals surface area contributed by atoms with E-state index in [4.69, 9.17) is 0 Å². The van der Waals surface area contributed by atoms with Crippen LogP contribution in [0.3, 0.4) is 0 Å². The molecule has 0 amide bonds. The van der Waals surface area contributed by atoms with Gasteiger partial charge in [0.25, 0.3) is 0 Å². The number of aromatic nitrogens is 2. The maximum atomic E-state index is 11.3. The predicted octanol–water partition coefficient (Wildman–Crippen LogP) is 3.02. The van der Waals surface area contributed by atoms with Gasteiger partial charge in [0, 0.05) is 12.5 Å². The van der Waals surface area contributed by atoms with E-state index in [9.17, 15) is 9.90 Å². The lowest BCUT2D eigenvalue weighted by molar-refractivity contribution is -0.147. The molecule has 3 rings (SSSR count). The topological polar surface area (TPSA) is 55.1 Å². The zero-order valence-corrected chi connectivity index (χ0v) is 11.0. The third kappa shape index (κ3) is 1.91. The molecule has 4 heteroatoms. The van der Waals surface area contributed by atoms with E-state index in [0.29, 0.717) is 0 Å². The summed E-state index contributed by atoms with van der Waals surface area (Å²) in [4.78, 5) is 15.9. The summed E-state index contributed by atoms with van der Waals surface area (Å²) in [5, 5.41) is 9.26. The van der Waals surface area contributed by atoms with Crippen molar-refractivity contribution in [2.24, 2.45) is 5.92 Å². The molecule has 0 spiro atoms. The molecule has 0 radical (unpaired) electrons. The fraction of sp³-hybridized carbons (Fsp3) is 0.467. The van der Waals surface area contributed by atoms with Crippen molar-refractivity contribution in [3.63, 3.8) is 0 Å². The second kappa shape index (κ2) is 4.68. The van der Waals surface area contributed by atoms with E-state index >= 15 is 0 Å². The molecule has 2 aromatic rings. The smallest absolute Gasteiger partial charge is 0.308 e. The molecule has 2 unspecified atom stereocenters. The number of nitrogens with zero attached hydrogens (tertiary/aromatic N) is 2. The van der Waals surface area contributed by atoms with Crippen LogP contribution in [0, 0.1) is 5.92 Å². The van der Waals surface area contributed by atoms with Crippen LogP contribution in [0.15, 0.2) is 24.3 Å². The van der Waals surface area contributed by atoms with Crippen molar-refractivity contribution in [3.8, 4) is 0 Å². The van der Waals surface area contributed by atoms with Crippen molar-refractivity contribution in [2.75, 3.05) is 0 Å². The Morgan fingerprint density at radius 2 is 2.21 bits per heavy atom. The van der Waals surface area contributed by atoms with E-state index in [1.54, 1.807) is 0 Å². The number of aliphatic carboxylic acids is 1. The molecule has 0 aliphatic heterocycles. The highest BCUT2D eigenvalue weighted by Crippen LogP contribution is 2.41. The van der Waals surface area contributed by atoms with Gasteiger partial charge in [-0.25, -0.2) is 4.98 Å². The molecule has 100 valence electrons. The van der Waals surface area contributed by atoms with E-state index in [0.717, 1.165) is 42.5 Å². The number of fused-ring (bicyclic) bond motifs is 1. The molecule has 1 saturated carbocycles. The van der Waals surface area contributed by atoms with Crippen LogP contribution in [-0.4, -0.2) is 20.6 Å². The number of hydrogen-bond acceptors (Lipinski definition) is 2. The molecule has 1 aliphatic rings. The van der Waals surface area contributed by atoms with Crippen molar-refractivity contribution in [2.45, 2.75) is 38.6 Å². The van der Waals surface area contributed by atoms with Gasteiger partial charge in [0.2, 0.25) is 0 Å².